The Bertz CT molecular complexity index is 526. The van der Waals surface area contributed by atoms with Crippen LogP contribution in [0.5, 0.6) is 0 Å². The van der Waals surface area contributed by atoms with Gasteiger partial charge in [-0.15, -0.1) is 0 Å². The van der Waals surface area contributed by atoms with Crippen molar-refractivity contribution in [3.8, 4) is 0 Å². The van der Waals surface area contributed by atoms with Gasteiger partial charge in [0.25, 0.3) is 0 Å². The molecule has 0 saturated heterocycles. The fraction of sp³-hybridized carbons (Fsp3) is 0.538. The highest BCUT2D eigenvalue weighted by Crippen LogP contribution is 2.27. The molecule has 1 aliphatic rings. The summed E-state index contributed by atoms with van der Waals surface area (Å²) in [5.74, 6) is 0.224. The zero-order valence-electron chi connectivity index (χ0n) is 10.5. The van der Waals surface area contributed by atoms with Gasteiger partial charge < -0.3 is 5.11 Å². The predicted octanol–water partition coefficient (Wildman–Crippen LogP) is 2.28. The summed E-state index contributed by atoms with van der Waals surface area (Å²) in [7, 11) is -3.57. The Balaban J connectivity index is 2.00. The predicted molar refractivity (Wildman–Crippen MR) is 77.3 cm³/mol. The quantitative estimate of drug-likeness (QED) is 0.858. The molecule has 2 rings (SSSR count). The fourth-order valence-corrected chi connectivity index (χ4v) is 4.50. The molecule has 0 radical (unpaired) electrons. The Kier molecular flexibility index (Phi) is 5.00. The molecule has 0 heterocycles. The maximum Gasteiger partial charge on any atom is 0.241 e. The summed E-state index contributed by atoms with van der Waals surface area (Å²) in [6.45, 7) is 0.0777. The molecule has 0 aromatic heterocycles. The zero-order valence-corrected chi connectivity index (χ0v) is 13.0. The maximum atomic E-state index is 12.1. The van der Waals surface area contributed by atoms with Crippen LogP contribution in [0, 0.1) is 5.92 Å². The standard InChI is InChI=1S/C13H18BrNO3S/c14-11-7-3-4-8-13(11)19(17,18)15-9-12(16)10-5-1-2-6-10/h3-4,7-8,10,12,15-16H,1-2,5-6,9H2. The van der Waals surface area contributed by atoms with Gasteiger partial charge in [-0.3, -0.25) is 0 Å². The molecule has 1 saturated carbocycles. The number of nitrogens with one attached hydrogen (secondary N) is 1. The average molecular weight is 348 g/mol. The number of halogens is 1. The van der Waals surface area contributed by atoms with E-state index in [1.54, 1.807) is 18.2 Å². The molecule has 6 heteroatoms. The van der Waals surface area contributed by atoms with Crippen molar-refractivity contribution in [2.75, 3.05) is 6.54 Å². The lowest BCUT2D eigenvalue weighted by molar-refractivity contribution is 0.115. The van der Waals surface area contributed by atoms with Crippen LogP contribution in [0.15, 0.2) is 33.6 Å². The van der Waals surface area contributed by atoms with Crippen LogP contribution in [0.4, 0.5) is 0 Å². The molecule has 0 spiro atoms. The van der Waals surface area contributed by atoms with Crippen molar-refractivity contribution >= 4 is 26.0 Å². The maximum absolute atomic E-state index is 12.1. The monoisotopic (exact) mass is 347 g/mol. The number of aliphatic hydroxyl groups excluding tert-OH is 1. The first-order chi connectivity index (χ1) is 9.00. The second-order valence-corrected chi connectivity index (χ2v) is 7.48. The third-order valence-electron chi connectivity index (χ3n) is 3.55. The van der Waals surface area contributed by atoms with E-state index in [0.717, 1.165) is 25.7 Å². The lowest BCUT2D eigenvalue weighted by Gasteiger charge is -2.18. The van der Waals surface area contributed by atoms with Crippen LogP contribution >= 0.6 is 15.9 Å². The van der Waals surface area contributed by atoms with Gasteiger partial charge in [-0.2, -0.15) is 0 Å². The van der Waals surface area contributed by atoms with E-state index in [1.807, 2.05) is 0 Å². The van der Waals surface area contributed by atoms with E-state index in [0.29, 0.717) is 4.47 Å². The third kappa shape index (κ3) is 3.78. The Labute approximate surface area is 122 Å². The molecule has 4 nitrogen and oxygen atoms in total. The fourth-order valence-electron chi connectivity index (χ4n) is 2.44. The molecule has 0 amide bonds. The van der Waals surface area contributed by atoms with Gasteiger partial charge in [-0.05, 0) is 46.8 Å². The van der Waals surface area contributed by atoms with Gasteiger partial charge in [0.05, 0.1) is 11.0 Å². The van der Waals surface area contributed by atoms with Crippen molar-refractivity contribution in [2.45, 2.75) is 36.7 Å². The lowest BCUT2D eigenvalue weighted by atomic mass is 10.0. The smallest absolute Gasteiger partial charge is 0.241 e. The first-order valence-corrected chi connectivity index (χ1v) is 8.70. The number of benzene rings is 1. The SMILES string of the molecule is O=S(=O)(NCC(O)C1CCCC1)c1ccccc1Br. The second-order valence-electron chi connectivity index (χ2n) is 4.89. The molecular weight excluding hydrogens is 330 g/mol. The molecule has 0 aliphatic heterocycles. The van der Waals surface area contributed by atoms with Gasteiger partial charge in [0, 0.05) is 11.0 Å². The van der Waals surface area contributed by atoms with E-state index < -0.39 is 16.1 Å². The average Bonchev–Trinajstić information content (AvgIpc) is 2.90. The van der Waals surface area contributed by atoms with Gasteiger partial charge in [0.1, 0.15) is 0 Å². The highest BCUT2D eigenvalue weighted by Gasteiger charge is 2.25. The van der Waals surface area contributed by atoms with Gasteiger partial charge >= 0.3 is 0 Å². The number of hydrogen-bond donors (Lipinski definition) is 2. The van der Waals surface area contributed by atoms with Crippen LogP contribution in [0.25, 0.3) is 0 Å². The summed E-state index contributed by atoms with van der Waals surface area (Å²) in [4.78, 5) is 0.202. The molecule has 1 fully saturated rings. The molecule has 1 unspecified atom stereocenters. The van der Waals surface area contributed by atoms with Gasteiger partial charge in [0.15, 0.2) is 0 Å². The molecule has 0 bridgehead atoms. The van der Waals surface area contributed by atoms with Crippen molar-refractivity contribution in [2.24, 2.45) is 5.92 Å². The Morgan fingerprint density at radius 3 is 2.58 bits per heavy atom. The topological polar surface area (TPSA) is 66.4 Å². The first kappa shape index (κ1) is 15.0. The van der Waals surface area contributed by atoms with Gasteiger partial charge in [-0.1, -0.05) is 25.0 Å². The Hall–Kier alpha value is -0.430. The number of sulfonamides is 1. The summed E-state index contributed by atoms with van der Waals surface area (Å²) in [5.41, 5.74) is 0. The largest absolute Gasteiger partial charge is 0.391 e. The summed E-state index contributed by atoms with van der Waals surface area (Å²) in [6.07, 6.45) is 3.62. The van der Waals surface area contributed by atoms with Gasteiger partial charge in [0.2, 0.25) is 10.0 Å². The van der Waals surface area contributed by atoms with E-state index in [1.165, 1.54) is 6.07 Å². The Morgan fingerprint density at radius 1 is 1.32 bits per heavy atom. The van der Waals surface area contributed by atoms with Crippen LogP contribution in [0.3, 0.4) is 0 Å². The molecular formula is C13H18BrNO3S. The van der Waals surface area contributed by atoms with Crippen LogP contribution < -0.4 is 4.72 Å². The summed E-state index contributed by atoms with van der Waals surface area (Å²) >= 11 is 3.22. The minimum atomic E-state index is -3.57. The zero-order chi connectivity index (χ0) is 13.9. The van der Waals surface area contributed by atoms with Crippen LogP contribution in [0.2, 0.25) is 0 Å². The van der Waals surface area contributed by atoms with Gasteiger partial charge in [-0.25, -0.2) is 13.1 Å². The van der Waals surface area contributed by atoms with Crippen molar-refractivity contribution in [1.29, 1.82) is 0 Å². The third-order valence-corrected chi connectivity index (χ3v) is 5.99. The molecule has 19 heavy (non-hydrogen) atoms. The molecule has 1 aromatic carbocycles. The minimum absolute atomic E-state index is 0.0777. The minimum Gasteiger partial charge on any atom is -0.391 e. The van der Waals surface area contributed by atoms with Crippen LogP contribution in [0.1, 0.15) is 25.7 Å². The highest BCUT2D eigenvalue weighted by molar-refractivity contribution is 9.10. The van der Waals surface area contributed by atoms with E-state index in [9.17, 15) is 13.5 Å². The molecule has 1 aromatic rings. The van der Waals surface area contributed by atoms with Crippen molar-refractivity contribution < 1.29 is 13.5 Å². The highest BCUT2D eigenvalue weighted by atomic mass is 79.9. The molecule has 2 N–H and O–H groups in total. The molecule has 1 atom stereocenters. The van der Waals surface area contributed by atoms with Crippen molar-refractivity contribution in [3.63, 3.8) is 0 Å². The summed E-state index contributed by atoms with van der Waals surface area (Å²) in [6, 6.07) is 6.65. The number of aliphatic hydroxyl groups is 1. The van der Waals surface area contributed by atoms with Crippen LogP contribution in [-0.2, 0) is 10.0 Å². The number of hydrogen-bond acceptors (Lipinski definition) is 3. The van der Waals surface area contributed by atoms with E-state index >= 15 is 0 Å². The lowest BCUT2D eigenvalue weighted by Crippen LogP contribution is -2.35. The summed E-state index contributed by atoms with van der Waals surface area (Å²) in [5, 5.41) is 9.99. The molecule has 106 valence electrons. The van der Waals surface area contributed by atoms with E-state index in [4.69, 9.17) is 0 Å². The molecule has 1 aliphatic carbocycles. The van der Waals surface area contributed by atoms with Crippen LogP contribution in [-0.4, -0.2) is 26.2 Å². The normalized spacial score (nSPS) is 18.6. The first-order valence-electron chi connectivity index (χ1n) is 6.43. The number of rotatable bonds is 5. The van der Waals surface area contributed by atoms with E-state index in [2.05, 4.69) is 20.7 Å². The van der Waals surface area contributed by atoms with E-state index in [-0.39, 0.29) is 17.4 Å². The van der Waals surface area contributed by atoms with Crippen molar-refractivity contribution in [1.82, 2.24) is 4.72 Å². The summed E-state index contributed by atoms with van der Waals surface area (Å²) < 4.78 is 27.3. The van der Waals surface area contributed by atoms with Crippen molar-refractivity contribution in [3.05, 3.63) is 28.7 Å². The second kappa shape index (κ2) is 6.35. The Morgan fingerprint density at radius 2 is 1.95 bits per heavy atom.